The van der Waals surface area contributed by atoms with Gasteiger partial charge in [0.1, 0.15) is 0 Å². The van der Waals surface area contributed by atoms with E-state index in [0.29, 0.717) is 16.1 Å². The molecule has 2 aliphatic carbocycles. The molecule has 1 saturated heterocycles. The van der Waals surface area contributed by atoms with Gasteiger partial charge in [-0.05, 0) is 83.3 Å². The van der Waals surface area contributed by atoms with Crippen LogP contribution in [0.1, 0.15) is 151 Å². The number of amides is 1. The van der Waals surface area contributed by atoms with Crippen LogP contribution in [-0.2, 0) is 0 Å². The summed E-state index contributed by atoms with van der Waals surface area (Å²) in [6.45, 7) is 5.97. The highest BCUT2D eigenvalue weighted by Crippen LogP contribution is 2.37. The lowest BCUT2D eigenvalue weighted by Gasteiger charge is -2.28. The maximum absolute atomic E-state index is 14.0. The molecule has 3 unspecified atom stereocenters. The second-order valence-electron chi connectivity index (χ2n) is 14.3. The zero-order chi connectivity index (χ0) is 29.1. The van der Waals surface area contributed by atoms with Crippen LogP contribution in [0.2, 0.25) is 0 Å². The number of fused-ring (bicyclic) bond motifs is 6. The number of carbonyl (C=O) groups is 2. The molecule has 4 rings (SSSR count). The van der Waals surface area contributed by atoms with E-state index in [1.165, 1.54) is 109 Å². The molecular formula is C36H57NO2S2. The molecule has 2 saturated carbocycles. The highest BCUT2D eigenvalue weighted by molar-refractivity contribution is 8.00. The van der Waals surface area contributed by atoms with Crippen LogP contribution in [0.4, 0.5) is 0 Å². The number of rotatable bonds is 3. The Kier molecular flexibility index (Phi) is 13.5. The number of benzene rings is 1. The molecule has 1 aromatic carbocycles. The van der Waals surface area contributed by atoms with Gasteiger partial charge in [0.15, 0.2) is 5.78 Å². The number of nitrogens with one attached hydrogen (secondary N) is 1. The van der Waals surface area contributed by atoms with Crippen molar-refractivity contribution in [3.8, 4) is 0 Å². The highest BCUT2D eigenvalue weighted by Gasteiger charge is 2.27. The second-order valence-corrected chi connectivity index (χ2v) is 17.0. The third-order valence-electron chi connectivity index (χ3n) is 9.65. The van der Waals surface area contributed by atoms with Gasteiger partial charge in [-0.3, -0.25) is 9.59 Å². The van der Waals surface area contributed by atoms with Crippen molar-refractivity contribution in [2.24, 2.45) is 17.8 Å². The van der Waals surface area contributed by atoms with Gasteiger partial charge in [-0.15, -0.1) is 0 Å². The molecule has 1 amide bonds. The Bertz CT molecular complexity index is 906. The summed E-state index contributed by atoms with van der Waals surface area (Å²) in [5.74, 6) is 3.94. The molecule has 1 aliphatic heterocycles. The minimum atomic E-state index is -0.282. The maximum Gasteiger partial charge on any atom is 0.251 e. The van der Waals surface area contributed by atoms with Crippen LogP contribution in [0, 0.1) is 17.8 Å². The fraction of sp³-hybridized carbons (Fsp3) is 0.778. The molecule has 230 valence electrons. The number of thioether (sulfide) groups is 2. The zero-order valence-corrected chi connectivity index (χ0v) is 27.9. The quantitative estimate of drug-likeness (QED) is 0.351. The Morgan fingerprint density at radius 2 is 1.05 bits per heavy atom. The molecular weight excluding hydrogens is 543 g/mol. The normalized spacial score (nSPS) is 29.7. The fourth-order valence-corrected chi connectivity index (χ4v) is 10.1. The maximum atomic E-state index is 14.0. The van der Waals surface area contributed by atoms with Crippen molar-refractivity contribution < 1.29 is 9.59 Å². The Labute approximate surface area is 259 Å². The Hall–Kier alpha value is -0.940. The first-order valence-corrected chi connectivity index (χ1v) is 19.1. The van der Waals surface area contributed by atoms with Crippen LogP contribution in [0.25, 0.3) is 0 Å². The van der Waals surface area contributed by atoms with E-state index in [9.17, 15) is 9.59 Å². The molecule has 3 aliphatic rings. The van der Waals surface area contributed by atoms with Gasteiger partial charge in [-0.25, -0.2) is 0 Å². The zero-order valence-electron chi connectivity index (χ0n) is 26.3. The lowest BCUT2D eigenvalue weighted by molar-refractivity contribution is 0.0914. The summed E-state index contributed by atoms with van der Waals surface area (Å²) < 4.78 is 0. The molecule has 3 nitrogen and oxygen atoms in total. The number of Topliss-reactive ketones (excluding diaryl/α,β-unsaturated/α-hetero) is 1. The third kappa shape index (κ3) is 11.6. The fourth-order valence-electron chi connectivity index (χ4n) is 7.12. The number of ketones is 1. The molecule has 41 heavy (non-hydrogen) atoms. The molecule has 1 N–H and O–H groups in total. The number of carbonyl (C=O) groups excluding carboxylic acids is 2. The van der Waals surface area contributed by atoms with Crippen molar-refractivity contribution in [3.63, 3.8) is 0 Å². The molecule has 5 atom stereocenters. The summed E-state index contributed by atoms with van der Waals surface area (Å²) in [5, 5.41) is 4.42. The minimum Gasteiger partial charge on any atom is -0.347 e. The monoisotopic (exact) mass is 599 g/mol. The SMILES string of the molecule is CC(C)(C)NC(=O)c1ccc(C(=O)C2CSC3CCCC[C@H](CCCCCC4CCCC[C@@H](CC4)SC2)CC3)cc1. The van der Waals surface area contributed by atoms with E-state index in [1.807, 2.05) is 45.0 Å². The van der Waals surface area contributed by atoms with Gasteiger partial charge < -0.3 is 5.32 Å². The molecule has 3 fully saturated rings. The van der Waals surface area contributed by atoms with Crippen LogP contribution in [0.3, 0.4) is 0 Å². The lowest BCUT2D eigenvalue weighted by atomic mass is 9.85. The van der Waals surface area contributed by atoms with Crippen molar-refractivity contribution in [2.75, 3.05) is 11.5 Å². The molecule has 1 heterocycles. The molecule has 0 aromatic heterocycles. The topological polar surface area (TPSA) is 46.2 Å². The molecule has 5 heteroatoms. The Balaban J connectivity index is 1.46. The van der Waals surface area contributed by atoms with Gasteiger partial charge >= 0.3 is 0 Å². The van der Waals surface area contributed by atoms with E-state index >= 15 is 0 Å². The summed E-state index contributed by atoms with van der Waals surface area (Å²) in [4.78, 5) is 26.6. The summed E-state index contributed by atoms with van der Waals surface area (Å²) in [7, 11) is 0. The molecule has 1 aromatic rings. The average Bonchev–Trinajstić information content (AvgIpc) is 2.91. The highest BCUT2D eigenvalue weighted by atomic mass is 32.2. The smallest absolute Gasteiger partial charge is 0.251 e. The second kappa shape index (κ2) is 16.8. The van der Waals surface area contributed by atoms with Gasteiger partial charge in [0, 0.05) is 44.6 Å². The Morgan fingerprint density at radius 1 is 0.610 bits per heavy atom. The van der Waals surface area contributed by atoms with Crippen LogP contribution >= 0.6 is 23.5 Å². The third-order valence-corrected chi connectivity index (χ3v) is 12.7. The van der Waals surface area contributed by atoms with Crippen LogP contribution in [0.15, 0.2) is 24.3 Å². The first-order chi connectivity index (χ1) is 19.8. The lowest BCUT2D eigenvalue weighted by Crippen LogP contribution is -2.40. The van der Waals surface area contributed by atoms with Gasteiger partial charge in [-0.1, -0.05) is 82.8 Å². The molecule has 0 spiro atoms. The van der Waals surface area contributed by atoms with E-state index in [4.69, 9.17) is 0 Å². The summed E-state index contributed by atoms with van der Waals surface area (Å²) in [6, 6.07) is 7.45. The average molecular weight is 600 g/mol. The van der Waals surface area contributed by atoms with E-state index < -0.39 is 0 Å². The molecule has 0 radical (unpaired) electrons. The van der Waals surface area contributed by atoms with Crippen molar-refractivity contribution in [3.05, 3.63) is 35.4 Å². The van der Waals surface area contributed by atoms with Gasteiger partial charge in [-0.2, -0.15) is 23.5 Å². The van der Waals surface area contributed by atoms with Gasteiger partial charge in [0.25, 0.3) is 5.91 Å². The van der Waals surface area contributed by atoms with Crippen molar-refractivity contribution in [2.45, 2.75) is 146 Å². The van der Waals surface area contributed by atoms with Crippen LogP contribution in [-0.4, -0.2) is 39.2 Å². The first kappa shape index (κ1) is 33.0. The largest absolute Gasteiger partial charge is 0.347 e. The van der Waals surface area contributed by atoms with E-state index in [0.717, 1.165) is 28.9 Å². The summed E-state index contributed by atoms with van der Waals surface area (Å²) >= 11 is 4.20. The van der Waals surface area contributed by atoms with Crippen LogP contribution in [0.5, 0.6) is 0 Å². The van der Waals surface area contributed by atoms with Gasteiger partial charge in [0.05, 0.1) is 0 Å². The van der Waals surface area contributed by atoms with E-state index in [1.54, 1.807) is 0 Å². The van der Waals surface area contributed by atoms with Gasteiger partial charge in [0.2, 0.25) is 0 Å². The minimum absolute atomic E-state index is 0.0422. The van der Waals surface area contributed by atoms with E-state index in [-0.39, 0.29) is 23.1 Å². The van der Waals surface area contributed by atoms with Crippen LogP contribution < -0.4 is 5.32 Å². The van der Waals surface area contributed by atoms with Crippen molar-refractivity contribution >= 4 is 35.2 Å². The summed E-state index contributed by atoms with van der Waals surface area (Å²) in [6.07, 6.45) is 23.6. The Morgan fingerprint density at radius 3 is 1.54 bits per heavy atom. The predicted octanol–water partition coefficient (Wildman–Crippen LogP) is 10.1. The first-order valence-electron chi connectivity index (χ1n) is 17.0. The number of hydrogen-bond acceptors (Lipinski definition) is 4. The standard InChI is InChI=1S/C36H57NO2S2/c1-36(2,3)37-35(39)30-21-19-29(20-22-30)34(38)31-25-40-32-15-9-7-13-27(17-23-32)11-5-4-6-12-28-14-8-10-16-33(24-18-28)41-26-31/h19-22,27-28,31-33H,4-18,23-26H2,1-3H3,(H,37,39)/t27-,28?,31?,32?,33-/m0/s1. The number of hydrogen-bond donors (Lipinski definition) is 1. The molecule has 4 bridgehead atoms. The van der Waals surface area contributed by atoms with Crippen molar-refractivity contribution in [1.82, 2.24) is 5.32 Å². The predicted molar refractivity (Wildman–Crippen MR) is 179 cm³/mol. The van der Waals surface area contributed by atoms with Crippen molar-refractivity contribution in [1.29, 1.82) is 0 Å². The summed E-state index contributed by atoms with van der Waals surface area (Å²) in [5.41, 5.74) is 1.11. The van der Waals surface area contributed by atoms with E-state index in [2.05, 4.69) is 28.8 Å².